The van der Waals surface area contributed by atoms with E-state index in [0.717, 1.165) is 30.3 Å². The van der Waals surface area contributed by atoms with Crippen LogP contribution in [0.3, 0.4) is 0 Å². The average molecular weight is 512 g/mol. The minimum atomic E-state index is -0.733. The molecule has 2 atom stereocenters. The molecule has 2 N–H and O–H groups in total. The van der Waals surface area contributed by atoms with Gasteiger partial charge in [-0.3, -0.25) is 0 Å². The lowest BCUT2D eigenvalue weighted by molar-refractivity contribution is 0.223. The van der Waals surface area contributed by atoms with E-state index in [-0.39, 0.29) is 0 Å². The van der Waals surface area contributed by atoms with E-state index in [0.29, 0.717) is 9.21 Å². The van der Waals surface area contributed by atoms with Crippen molar-refractivity contribution in [1.29, 1.82) is 0 Å². The molecule has 4 aromatic rings. The zero-order chi connectivity index (χ0) is 18.3. The number of thiophene rings is 2. The molecule has 0 saturated carbocycles. The highest BCUT2D eigenvalue weighted by Crippen LogP contribution is 2.41. The summed E-state index contributed by atoms with van der Waals surface area (Å²) in [6.45, 7) is 0. The summed E-state index contributed by atoms with van der Waals surface area (Å²) in [6.07, 6.45) is 1.89. The van der Waals surface area contributed by atoms with Gasteiger partial charge in [-0.05, 0) is 56.1 Å². The Morgan fingerprint density at radius 1 is 0.769 bits per heavy atom. The molecule has 0 radical (unpaired) electrons. The van der Waals surface area contributed by atoms with E-state index in [4.69, 9.17) is 0 Å². The highest BCUT2D eigenvalue weighted by molar-refractivity contribution is 9.10. The second-order valence-electron chi connectivity index (χ2n) is 5.60. The minimum Gasteiger partial charge on any atom is -0.383 e. The lowest BCUT2D eigenvalue weighted by Gasteiger charge is -2.10. The van der Waals surface area contributed by atoms with Crippen molar-refractivity contribution in [2.24, 2.45) is 0 Å². The number of halogens is 2. The molecule has 0 bridgehead atoms. The Bertz CT molecular complexity index is 967. The third-order valence-corrected chi connectivity index (χ3v) is 7.67. The fourth-order valence-electron chi connectivity index (χ4n) is 2.65. The molecule has 4 rings (SSSR count). The molecule has 0 saturated heterocycles. The average Bonchev–Trinajstić information content (AvgIpc) is 3.20. The van der Waals surface area contributed by atoms with Gasteiger partial charge in [0.05, 0.1) is 0 Å². The molecule has 2 unspecified atom stereocenters. The summed E-state index contributed by atoms with van der Waals surface area (Å²) in [5, 5.41) is 21.3. The standard InChI is InChI=1S/C18H12Br2N2O2S2/c19-17-9(3-1-5-21-17)15(23)13-7-11-12(25-13)8-14(26-11)16(24)10-4-2-6-22-18(10)20/h1-8,15-16,23-24H. The predicted molar refractivity (Wildman–Crippen MR) is 112 cm³/mol. The van der Waals surface area contributed by atoms with Crippen LogP contribution in [-0.4, -0.2) is 20.2 Å². The van der Waals surface area contributed by atoms with Crippen LogP contribution < -0.4 is 0 Å². The van der Waals surface area contributed by atoms with Gasteiger partial charge in [-0.1, -0.05) is 12.1 Å². The van der Waals surface area contributed by atoms with Crippen molar-refractivity contribution < 1.29 is 10.2 Å². The molecule has 0 aliphatic heterocycles. The molecule has 132 valence electrons. The van der Waals surface area contributed by atoms with E-state index >= 15 is 0 Å². The fourth-order valence-corrected chi connectivity index (χ4v) is 6.02. The van der Waals surface area contributed by atoms with E-state index in [1.165, 1.54) is 22.7 Å². The smallest absolute Gasteiger partial charge is 0.116 e. The van der Waals surface area contributed by atoms with Crippen molar-refractivity contribution in [2.45, 2.75) is 12.2 Å². The van der Waals surface area contributed by atoms with Crippen molar-refractivity contribution >= 4 is 63.9 Å². The van der Waals surface area contributed by atoms with E-state index in [1.807, 2.05) is 24.3 Å². The third kappa shape index (κ3) is 3.37. The summed E-state index contributed by atoms with van der Waals surface area (Å²) in [5.74, 6) is 0. The predicted octanol–water partition coefficient (Wildman–Crippen LogP) is 5.44. The van der Waals surface area contributed by atoms with Gasteiger partial charge in [-0.15, -0.1) is 22.7 Å². The van der Waals surface area contributed by atoms with Crippen LogP contribution in [0.15, 0.2) is 58.0 Å². The number of pyridine rings is 2. The molecule has 4 nitrogen and oxygen atoms in total. The van der Waals surface area contributed by atoms with Gasteiger partial charge in [-0.25, -0.2) is 9.97 Å². The molecular formula is C18H12Br2N2O2S2. The first-order valence-electron chi connectivity index (χ1n) is 7.64. The highest BCUT2D eigenvalue weighted by Gasteiger charge is 2.21. The number of rotatable bonds is 4. The zero-order valence-electron chi connectivity index (χ0n) is 13.1. The number of hydrogen-bond acceptors (Lipinski definition) is 6. The first-order chi connectivity index (χ1) is 12.5. The Labute approximate surface area is 174 Å². The Kier molecular flexibility index (Phi) is 5.22. The van der Waals surface area contributed by atoms with Crippen LogP contribution in [0.4, 0.5) is 0 Å². The summed E-state index contributed by atoms with van der Waals surface area (Å²) in [7, 11) is 0. The largest absolute Gasteiger partial charge is 0.383 e. The molecule has 8 heteroatoms. The molecule has 4 heterocycles. The minimum absolute atomic E-state index is 0.641. The Morgan fingerprint density at radius 2 is 1.19 bits per heavy atom. The van der Waals surface area contributed by atoms with Gasteiger partial charge in [-0.2, -0.15) is 0 Å². The van der Waals surface area contributed by atoms with Crippen LogP contribution in [0.2, 0.25) is 0 Å². The van der Waals surface area contributed by atoms with Crippen LogP contribution in [0.25, 0.3) is 9.40 Å². The number of aliphatic hydroxyl groups is 2. The van der Waals surface area contributed by atoms with E-state index in [2.05, 4.69) is 41.8 Å². The SMILES string of the molecule is OC(c1cc2sc(C(O)c3cccnc3Br)cc2s1)c1cccnc1Br. The van der Waals surface area contributed by atoms with Gasteiger partial charge in [0.2, 0.25) is 0 Å². The van der Waals surface area contributed by atoms with Gasteiger partial charge in [0, 0.05) is 42.7 Å². The highest BCUT2D eigenvalue weighted by atomic mass is 79.9. The van der Waals surface area contributed by atoms with Crippen LogP contribution in [0.1, 0.15) is 33.1 Å². The third-order valence-electron chi connectivity index (χ3n) is 3.95. The number of fused-ring (bicyclic) bond motifs is 1. The molecule has 4 aromatic heterocycles. The summed E-state index contributed by atoms with van der Waals surface area (Å²) in [5.41, 5.74) is 1.47. The Hall–Kier alpha value is -1.16. The molecule has 0 spiro atoms. The normalized spacial score (nSPS) is 13.8. The first kappa shape index (κ1) is 18.2. The number of aromatic nitrogens is 2. The van der Waals surface area contributed by atoms with Crippen LogP contribution in [0.5, 0.6) is 0 Å². The van der Waals surface area contributed by atoms with Crippen molar-refractivity contribution in [2.75, 3.05) is 0 Å². The van der Waals surface area contributed by atoms with E-state index < -0.39 is 12.2 Å². The molecule has 0 aliphatic rings. The molecular weight excluding hydrogens is 500 g/mol. The van der Waals surface area contributed by atoms with Gasteiger partial charge in [0.15, 0.2) is 0 Å². The summed E-state index contributed by atoms with van der Waals surface area (Å²) < 4.78 is 3.36. The number of hydrogen-bond donors (Lipinski definition) is 2. The van der Waals surface area contributed by atoms with Gasteiger partial charge < -0.3 is 10.2 Å². The maximum atomic E-state index is 10.7. The van der Waals surface area contributed by atoms with Gasteiger partial charge in [0.25, 0.3) is 0 Å². The lowest BCUT2D eigenvalue weighted by Crippen LogP contribution is -1.99. The summed E-state index contributed by atoms with van der Waals surface area (Å²) >= 11 is 9.81. The molecule has 0 fully saturated rings. The van der Waals surface area contributed by atoms with Crippen LogP contribution in [0, 0.1) is 0 Å². The molecule has 0 amide bonds. The Balaban J connectivity index is 1.66. The van der Waals surface area contributed by atoms with Crippen LogP contribution in [-0.2, 0) is 0 Å². The fraction of sp³-hybridized carbons (Fsp3) is 0.111. The van der Waals surface area contributed by atoms with E-state index in [1.54, 1.807) is 24.5 Å². The van der Waals surface area contributed by atoms with Crippen molar-refractivity contribution in [3.8, 4) is 0 Å². The van der Waals surface area contributed by atoms with E-state index in [9.17, 15) is 10.2 Å². The zero-order valence-corrected chi connectivity index (χ0v) is 17.9. The molecule has 0 aliphatic carbocycles. The lowest BCUT2D eigenvalue weighted by atomic mass is 10.1. The summed E-state index contributed by atoms with van der Waals surface area (Å²) in [6, 6.07) is 11.3. The van der Waals surface area contributed by atoms with Crippen molar-refractivity contribution in [3.63, 3.8) is 0 Å². The Morgan fingerprint density at radius 3 is 1.58 bits per heavy atom. The second kappa shape index (κ2) is 7.46. The van der Waals surface area contributed by atoms with Crippen molar-refractivity contribution in [3.05, 3.63) is 78.9 Å². The number of aliphatic hydroxyl groups excluding tert-OH is 2. The first-order valence-corrected chi connectivity index (χ1v) is 10.9. The monoisotopic (exact) mass is 510 g/mol. The number of nitrogens with zero attached hydrogens (tertiary/aromatic N) is 2. The maximum Gasteiger partial charge on any atom is 0.116 e. The van der Waals surface area contributed by atoms with Crippen molar-refractivity contribution in [1.82, 2.24) is 9.97 Å². The molecule has 26 heavy (non-hydrogen) atoms. The van der Waals surface area contributed by atoms with Gasteiger partial charge >= 0.3 is 0 Å². The van der Waals surface area contributed by atoms with Gasteiger partial charge in [0.1, 0.15) is 21.4 Å². The second-order valence-corrected chi connectivity index (χ2v) is 9.33. The summed E-state index contributed by atoms with van der Waals surface area (Å²) in [4.78, 5) is 10.0. The van der Waals surface area contributed by atoms with Crippen LogP contribution >= 0.6 is 54.5 Å². The maximum absolute atomic E-state index is 10.7. The topological polar surface area (TPSA) is 66.2 Å². The quantitative estimate of drug-likeness (QED) is 0.358. The molecule has 0 aromatic carbocycles.